The molecule has 0 radical (unpaired) electrons. The van der Waals surface area contributed by atoms with Gasteiger partial charge in [0.15, 0.2) is 11.2 Å². The third-order valence-corrected chi connectivity index (χ3v) is 5.80. The van der Waals surface area contributed by atoms with Crippen LogP contribution in [-0.4, -0.2) is 10.9 Å². The highest BCUT2D eigenvalue weighted by Gasteiger charge is 2.13. The number of nitrogens with zero attached hydrogens (tertiary/aromatic N) is 1. The number of nitrogens with one attached hydrogen (secondary N) is 1. The van der Waals surface area contributed by atoms with E-state index in [1.165, 1.54) is 10.8 Å². The molecule has 2 aromatic heterocycles. The predicted octanol–water partition coefficient (Wildman–Crippen LogP) is 5.25. The van der Waals surface area contributed by atoms with E-state index in [2.05, 4.69) is 16.4 Å². The zero-order valence-electron chi connectivity index (χ0n) is 15.8. The fourth-order valence-corrected chi connectivity index (χ4v) is 4.29. The van der Waals surface area contributed by atoms with Gasteiger partial charge in [-0.3, -0.25) is 9.59 Å². The number of anilines is 1. The average molecular weight is 412 g/mol. The molecule has 0 unspecified atom stereocenters. The van der Waals surface area contributed by atoms with Gasteiger partial charge < -0.3 is 9.73 Å². The van der Waals surface area contributed by atoms with Crippen LogP contribution in [-0.2, 0) is 6.42 Å². The van der Waals surface area contributed by atoms with Crippen LogP contribution in [0.25, 0.3) is 21.2 Å². The topological polar surface area (TPSA) is 72.2 Å². The third-order valence-electron chi connectivity index (χ3n) is 4.76. The van der Waals surface area contributed by atoms with E-state index in [4.69, 9.17) is 4.42 Å². The van der Waals surface area contributed by atoms with Crippen molar-refractivity contribution >= 4 is 44.1 Å². The highest BCUT2D eigenvalue weighted by Crippen LogP contribution is 2.24. The Morgan fingerprint density at radius 1 is 0.967 bits per heavy atom. The largest absolute Gasteiger partial charge is 0.451 e. The maximum absolute atomic E-state index is 12.5. The molecule has 30 heavy (non-hydrogen) atoms. The number of hydrogen-bond acceptors (Lipinski definition) is 5. The van der Waals surface area contributed by atoms with Gasteiger partial charge in [-0.1, -0.05) is 36.4 Å². The molecule has 3 aromatic carbocycles. The summed E-state index contributed by atoms with van der Waals surface area (Å²) >= 11 is 1.68. The molecule has 6 heteroatoms. The minimum absolute atomic E-state index is 0.0164. The second kappa shape index (κ2) is 7.57. The van der Waals surface area contributed by atoms with E-state index in [0.29, 0.717) is 16.7 Å². The Kier molecular flexibility index (Phi) is 4.61. The Hall–Kier alpha value is -3.77. The number of rotatable bonds is 4. The van der Waals surface area contributed by atoms with E-state index in [1.54, 1.807) is 35.6 Å². The minimum atomic E-state index is -0.461. The first-order chi connectivity index (χ1) is 14.7. The molecule has 1 N–H and O–H groups in total. The van der Waals surface area contributed by atoms with Crippen LogP contribution in [0.2, 0.25) is 0 Å². The summed E-state index contributed by atoms with van der Waals surface area (Å²) in [6.45, 7) is 0. The average Bonchev–Trinajstić information content (AvgIpc) is 3.17. The second-order valence-corrected chi connectivity index (χ2v) is 7.99. The van der Waals surface area contributed by atoms with Gasteiger partial charge in [0.25, 0.3) is 5.91 Å². The van der Waals surface area contributed by atoms with Crippen molar-refractivity contribution in [3.05, 3.63) is 105 Å². The molecule has 0 saturated heterocycles. The van der Waals surface area contributed by atoms with Gasteiger partial charge in [-0.2, -0.15) is 0 Å². The number of para-hydroxylation sites is 2. The fourth-order valence-electron chi connectivity index (χ4n) is 3.28. The maximum atomic E-state index is 12.5. The van der Waals surface area contributed by atoms with Crippen molar-refractivity contribution in [3.63, 3.8) is 0 Å². The lowest BCUT2D eigenvalue weighted by atomic mass is 10.1. The van der Waals surface area contributed by atoms with Crippen LogP contribution >= 0.6 is 11.3 Å². The molecule has 0 aliphatic heterocycles. The van der Waals surface area contributed by atoms with Gasteiger partial charge in [0.05, 0.1) is 20.6 Å². The molecule has 146 valence electrons. The van der Waals surface area contributed by atoms with Crippen molar-refractivity contribution in [2.24, 2.45) is 0 Å². The first-order valence-electron chi connectivity index (χ1n) is 9.43. The van der Waals surface area contributed by atoms with E-state index < -0.39 is 5.91 Å². The molecule has 0 bridgehead atoms. The van der Waals surface area contributed by atoms with Crippen LogP contribution in [0.1, 0.15) is 21.1 Å². The molecule has 2 heterocycles. The van der Waals surface area contributed by atoms with Crippen molar-refractivity contribution in [2.45, 2.75) is 6.42 Å². The van der Waals surface area contributed by atoms with Gasteiger partial charge in [-0.15, -0.1) is 11.3 Å². The van der Waals surface area contributed by atoms with E-state index >= 15 is 0 Å². The van der Waals surface area contributed by atoms with Crippen molar-refractivity contribution in [1.29, 1.82) is 0 Å². The van der Waals surface area contributed by atoms with Gasteiger partial charge in [-0.05, 0) is 42.0 Å². The van der Waals surface area contributed by atoms with Crippen molar-refractivity contribution in [2.75, 3.05) is 5.32 Å². The lowest BCUT2D eigenvalue weighted by Gasteiger charge is -2.06. The number of benzene rings is 3. The van der Waals surface area contributed by atoms with Crippen molar-refractivity contribution in [3.8, 4) is 0 Å². The summed E-state index contributed by atoms with van der Waals surface area (Å²) in [5, 5.41) is 4.28. The summed E-state index contributed by atoms with van der Waals surface area (Å²) < 4.78 is 6.76. The smallest absolute Gasteiger partial charge is 0.291 e. The number of aromatic nitrogens is 1. The normalized spacial score (nSPS) is 11.1. The summed E-state index contributed by atoms with van der Waals surface area (Å²) in [4.78, 5) is 29.4. The zero-order chi connectivity index (χ0) is 20.5. The van der Waals surface area contributed by atoms with Gasteiger partial charge >= 0.3 is 0 Å². The fraction of sp³-hybridized carbons (Fsp3) is 0.0417. The van der Waals surface area contributed by atoms with Crippen LogP contribution in [0.4, 0.5) is 5.69 Å². The number of carbonyl (C=O) groups excluding carboxylic acids is 1. The number of fused-ring (bicyclic) bond motifs is 2. The molecule has 1 amide bonds. The Bertz CT molecular complexity index is 1400. The molecule has 5 rings (SSSR count). The number of hydrogen-bond donors (Lipinski definition) is 1. The molecule has 0 atom stereocenters. The summed E-state index contributed by atoms with van der Waals surface area (Å²) in [6, 6.07) is 23.7. The molecule has 0 fully saturated rings. The maximum Gasteiger partial charge on any atom is 0.291 e. The molecule has 0 saturated carbocycles. The van der Waals surface area contributed by atoms with Crippen LogP contribution in [0.5, 0.6) is 0 Å². The van der Waals surface area contributed by atoms with Crippen LogP contribution in [0.15, 0.2) is 88.1 Å². The highest BCUT2D eigenvalue weighted by atomic mass is 32.1. The molecule has 0 aliphatic carbocycles. The Labute approximate surface area is 175 Å². The molecule has 5 nitrogen and oxygen atoms in total. The van der Waals surface area contributed by atoms with Gasteiger partial charge in [0.1, 0.15) is 5.58 Å². The standard InChI is InChI=1S/C24H16N2O3S/c27-19-14-21(29-20-7-3-1-5-17(19)20)24(28)25-16-11-9-15(10-12-16)13-23-26-18-6-2-4-8-22(18)30-23/h1-12,14H,13H2,(H,25,28). The van der Waals surface area contributed by atoms with Crippen molar-refractivity contribution < 1.29 is 9.21 Å². The van der Waals surface area contributed by atoms with Crippen LogP contribution < -0.4 is 10.7 Å². The highest BCUT2D eigenvalue weighted by molar-refractivity contribution is 7.18. The molecular formula is C24H16N2O3S. The zero-order valence-corrected chi connectivity index (χ0v) is 16.6. The Morgan fingerprint density at radius 3 is 2.57 bits per heavy atom. The van der Waals surface area contributed by atoms with Gasteiger partial charge in [0, 0.05) is 18.2 Å². The molecule has 0 spiro atoms. The van der Waals surface area contributed by atoms with E-state index in [0.717, 1.165) is 22.5 Å². The first kappa shape index (κ1) is 18.3. The molecule has 0 aliphatic rings. The molecule has 5 aromatic rings. The van der Waals surface area contributed by atoms with E-state index in [1.807, 2.05) is 42.5 Å². The monoisotopic (exact) mass is 412 g/mol. The Balaban J connectivity index is 1.32. The summed E-state index contributed by atoms with van der Waals surface area (Å²) in [7, 11) is 0. The quantitative estimate of drug-likeness (QED) is 0.438. The van der Waals surface area contributed by atoms with E-state index in [9.17, 15) is 9.59 Å². The number of thiazole rings is 1. The second-order valence-electron chi connectivity index (χ2n) is 6.87. The van der Waals surface area contributed by atoms with Gasteiger partial charge in [0.2, 0.25) is 0 Å². The third kappa shape index (κ3) is 3.60. The predicted molar refractivity (Wildman–Crippen MR) is 119 cm³/mol. The number of carbonyl (C=O) groups is 1. The van der Waals surface area contributed by atoms with Gasteiger partial charge in [-0.25, -0.2) is 4.98 Å². The molecular weight excluding hydrogens is 396 g/mol. The minimum Gasteiger partial charge on any atom is -0.451 e. The lowest BCUT2D eigenvalue weighted by molar-refractivity contribution is 0.0997. The summed E-state index contributed by atoms with van der Waals surface area (Å²) in [5.74, 6) is -0.478. The van der Waals surface area contributed by atoms with Crippen LogP contribution in [0.3, 0.4) is 0 Å². The Morgan fingerprint density at radius 2 is 1.73 bits per heavy atom. The van der Waals surface area contributed by atoms with Crippen molar-refractivity contribution in [1.82, 2.24) is 4.98 Å². The number of amides is 1. The summed E-state index contributed by atoms with van der Waals surface area (Å²) in [6.07, 6.45) is 0.729. The summed E-state index contributed by atoms with van der Waals surface area (Å²) in [5.41, 5.74) is 2.89. The van der Waals surface area contributed by atoms with E-state index in [-0.39, 0.29) is 11.2 Å². The van der Waals surface area contributed by atoms with Crippen LogP contribution in [0, 0.1) is 0 Å². The SMILES string of the molecule is O=C(Nc1ccc(Cc2nc3ccccc3s2)cc1)c1cc(=O)c2ccccc2o1. The lowest BCUT2D eigenvalue weighted by Crippen LogP contribution is -2.14. The first-order valence-corrected chi connectivity index (χ1v) is 10.2.